The lowest BCUT2D eigenvalue weighted by Gasteiger charge is -2.48. The van der Waals surface area contributed by atoms with E-state index in [1.54, 1.807) is 11.8 Å². The first kappa shape index (κ1) is 22.4. The number of unbranched alkanes of at least 4 members (excludes halogenated alkanes) is 2. The molecule has 3 unspecified atom stereocenters. The van der Waals surface area contributed by atoms with E-state index >= 15 is 0 Å². The van der Waals surface area contributed by atoms with E-state index < -0.39 is 29.4 Å². The minimum absolute atomic E-state index is 0.0402. The molecule has 3 atom stereocenters. The maximum absolute atomic E-state index is 13.2. The second-order valence-corrected chi connectivity index (χ2v) is 9.05. The van der Waals surface area contributed by atoms with Gasteiger partial charge in [-0.2, -0.15) is 0 Å². The van der Waals surface area contributed by atoms with E-state index in [-0.39, 0.29) is 5.91 Å². The Hall–Kier alpha value is -2.25. The Morgan fingerprint density at radius 2 is 2.00 bits per heavy atom. The van der Waals surface area contributed by atoms with Crippen molar-refractivity contribution in [2.24, 2.45) is 0 Å². The average Bonchev–Trinajstić information content (AvgIpc) is 3.24. The molecule has 2 heterocycles. The van der Waals surface area contributed by atoms with Crippen LogP contribution in [-0.4, -0.2) is 40.0 Å². The molecule has 1 saturated heterocycles. The summed E-state index contributed by atoms with van der Waals surface area (Å²) in [6.07, 6.45) is 3.67. The normalized spacial score (nSPS) is 23.9. The van der Waals surface area contributed by atoms with Gasteiger partial charge >= 0.3 is 0 Å². The number of carbonyl (C=O) groups is 2. The van der Waals surface area contributed by atoms with Gasteiger partial charge in [-0.3, -0.25) is 9.59 Å². The molecule has 1 fully saturated rings. The standard InChI is InChI=1S/C23H29FN2O3S/c1-3-4-5-8-19(27)26-14-13-23(2,29)21(20(26)18-7-6-15-30-18)25-22(28)16-9-11-17(24)12-10-16/h6-7,9-12,15,20-21,29H,3-5,8,13-14H2,1-2H3,(H,25,28). The number of carbonyl (C=O) groups excluding carboxylic acids is 2. The number of aliphatic hydroxyl groups is 1. The highest BCUT2D eigenvalue weighted by Crippen LogP contribution is 2.39. The quantitative estimate of drug-likeness (QED) is 0.641. The molecule has 5 nitrogen and oxygen atoms in total. The van der Waals surface area contributed by atoms with Gasteiger partial charge in [0.25, 0.3) is 5.91 Å². The second-order valence-electron chi connectivity index (χ2n) is 8.07. The lowest BCUT2D eigenvalue weighted by atomic mass is 9.81. The first-order valence-electron chi connectivity index (χ1n) is 10.4. The SMILES string of the molecule is CCCCCC(=O)N1CCC(C)(O)C(NC(=O)c2ccc(F)cc2)C1c1cccs1. The van der Waals surface area contributed by atoms with Gasteiger partial charge < -0.3 is 15.3 Å². The first-order chi connectivity index (χ1) is 14.3. The largest absolute Gasteiger partial charge is 0.388 e. The van der Waals surface area contributed by atoms with Crippen LogP contribution in [0.3, 0.4) is 0 Å². The van der Waals surface area contributed by atoms with Crippen LogP contribution in [0.1, 0.15) is 67.2 Å². The summed E-state index contributed by atoms with van der Waals surface area (Å²) >= 11 is 1.50. The van der Waals surface area contributed by atoms with E-state index in [9.17, 15) is 19.1 Å². The molecular formula is C23H29FN2O3S. The minimum Gasteiger partial charge on any atom is -0.388 e. The van der Waals surface area contributed by atoms with Crippen molar-refractivity contribution < 1.29 is 19.1 Å². The lowest BCUT2D eigenvalue weighted by Crippen LogP contribution is -2.63. The number of halogens is 1. The Bertz CT molecular complexity index is 852. The molecule has 2 aromatic rings. The summed E-state index contributed by atoms with van der Waals surface area (Å²) in [4.78, 5) is 28.6. The molecule has 1 aliphatic heterocycles. The van der Waals surface area contributed by atoms with Crippen molar-refractivity contribution in [3.8, 4) is 0 Å². The highest BCUT2D eigenvalue weighted by atomic mass is 32.1. The van der Waals surface area contributed by atoms with Crippen molar-refractivity contribution in [1.29, 1.82) is 0 Å². The van der Waals surface area contributed by atoms with Crippen LogP contribution in [0.25, 0.3) is 0 Å². The molecule has 0 aliphatic carbocycles. The van der Waals surface area contributed by atoms with Crippen LogP contribution in [0, 0.1) is 5.82 Å². The fraction of sp³-hybridized carbons (Fsp3) is 0.478. The predicted molar refractivity (Wildman–Crippen MR) is 116 cm³/mol. The van der Waals surface area contributed by atoms with Crippen molar-refractivity contribution in [1.82, 2.24) is 10.2 Å². The van der Waals surface area contributed by atoms with Crippen molar-refractivity contribution in [3.63, 3.8) is 0 Å². The van der Waals surface area contributed by atoms with Crippen LogP contribution >= 0.6 is 11.3 Å². The highest BCUT2D eigenvalue weighted by Gasteiger charge is 2.48. The third-order valence-corrected chi connectivity index (χ3v) is 6.67. The van der Waals surface area contributed by atoms with Crippen molar-refractivity contribution in [2.75, 3.05) is 6.54 Å². The lowest BCUT2D eigenvalue weighted by molar-refractivity contribution is -0.142. The third-order valence-electron chi connectivity index (χ3n) is 5.72. The Morgan fingerprint density at radius 1 is 1.27 bits per heavy atom. The maximum Gasteiger partial charge on any atom is 0.251 e. The number of benzene rings is 1. The monoisotopic (exact) mass is 432 g/mol. The van der Waals surface area contributed by atoms with Gasteiger partial charge in [0.15, 0.2) is 0 Å². The zero-order valence-corrected chi connectivity index (χ0v) is 18.3. The molecule has 1 aromatic heterocycles. The van der Waals surface area contributed by atoms with Gasteiger partial charge in [0.2, 0.25) is 5.91 Å². The van der Waals surface area contributed by atoms with Crippen molar-refractivity contribution >= 4 is 23.2 Å². The fourth-order valence-electron chi connectivity index (χ4n) is 3.95. The summed E-state index contributed by atoms with van der Waals surface area (Å²) in [6, 6.07) is 7.99. The average molecular weight is 433 g/mol. The molecule has 7 heteroatoms. The predicted octanol–water partition coefficient (Wildman–Crippen LogP) is 4.29. The van der Waals surface area contributed by atoms with Gasteiger partial charge in [-0.1, -0.05) is 25.8 Å². The molecule has 1 aliphatic rings. The fourth-order valence-corrected chi connectivity index (χ4v) is 4.82. The van der Waals surface area contributed by atoms with E-state index in [1.165, 1.54) is 35.6 Å². The van der Waals surface area contributed by atoms with E-state index in [0.29, 0.717) is 24.9 Å². The Balaban J connectivity index is 1.89. The van der Waals surface area contributed by atoms with Gasteiger partial charge in [0.1, 0.15) is 5.82 Å². The molecule has 3 rings (SSSR count). The summed E-state index contributed by atoms with van der Waals surface area (Å²) in [5.41, 5.74) is -0.881. The molecule has 0 bridgehead atoms. The smallest absolute Gasteiger partial charge is 0.251 e. The van der Waals surface area contributed by atoms with Crippen LogP contribution in [-0.2, 0) is 4.79 Å². The number of thiophene rings is 1. The molecule has 0 radical (unpaired) electrons. The Kier molecular flexibility index (Phi) is 7.26. The second kappa shape index (κ2) is 9.71. The zero-order valence-electron chi connectivity index (χ0n) is 17.4. The summed E-state index contributed by atoms with van der Waals surface area (Å²) in [5, 5.41) is 16.0. The van der Waals surface area contributed by atoms with Gasteiger partial charge in [-0.25, -0.2) is 4.39 Å². The molecule has 162 valence electrons. The number of piperidine rings is 1. The topological polar surface area (TPSA) is 69.6 Å². The first-order valence-corrected chi connectivity index (χ1v) is 11.3. The minimum atomic E-state index is -1.19. The van der Waals surface area contributed by atoms with Gasteiger partial charge in [0.05, 0.1) is 17.7 Å². The van der Waals surface area contributed by atoms with E-state index in [0.717, 1.165) is 24.1 Å². The number of likely N-dealkylation sites (tertiary alicyclic amines) is 1. The van der Waals surface area contributed by atoms with E-state index in [2.05, 4.69) is 12.2 Å². The van der Waals surface area contributed by atoms with Gasteiger partial charge in [-0.15, -0.1) is 11.3 Å². The highest BCUT2D eigenvalue weighted by molar-refractivity contribution is 7.10. The van der Waals surface area contributed by atoms with Gasteiger partial charge in [-0.05, 0) is 55.5 Å². The summed E-state index contributed by atoms with van der Waals surface area (Å²) < 4.78 is 13.2. The van der Waals surface area contributed by atoms with Crippen LogP contribution < -0.4 is 5.32 Å². The van der Waals surface area contributed by atoms with E-state index in [1.807, 2.05) is 17.5 Å². The number of amides is 2. The molecule has 2 amide bonds. The molecule has 1 aromatic carbocycles. The summed E-state index contributed by atoms with van der Waals surface area (Å²) in [7, 11) is 0. The third kappa shape index (κ3) is 5.08. The number of nitrogens with zero attached hydrogens (tertiary/aromatic N) is 1. The molecule has 2 N–H and O–H groups in total. The number of nitrogens with one attached hydrogen (secondary N) is 1. The molecule has 0 saturated carbocycles. The number of hydrogen-bond donors (Lipinski definition) is 2. The zero-order chi connectivity index (χ0) is 21.7. The van der Waals surface area contributed by atoms with Gasteiger partial charge in [0, 0.05) is 23.4 Å². The number of rotatable bonds is 7. The molecule has 30 heavy (non-hydrogen) atoms. The van der Waals surface area contributed by atoms with Crippen LogP contribution in [0.15, 0.2) is 41.8 Å². The Labute approximate surface area is 180 Å². The molecule has 0 spiro atoms. The van der Waals surface area contributed by atoms with Crippen molar-refractivity contribution in [3.05, 3.63) is 58.0 Å². The maximum atomic E-state index is 13.2. The summed E-state index contributed by atoms with van der Waals surface area (Å²) in [5.74, 6) is -0.781. The van der Waals surface area contributed by atoms with E-state index in [4.69, 9.17) is 0 Å². The molecular weight excluding hydrogens is 403 g/mol. The van der Waals surface area contributed by atoms with Crippen LogP contribution in [0.2, 0.25) is 0 Å². The van der Waals surface area contributed by atoms with Crippen LogP contribution in [0.5, 0.6) is 0 Å². The Morgan fingerprint density at radius 3 is 2.63 bits per heavy atom. The van der Waals surface area contributed by atoms with Crippen LogP contribution in [0.4, 0.5) is 4.39 Å². The summed E-state index contributed by atoms with van der Waals surface area (Å²) in [6.45, 7) is 4.23. The number of hydrogen-bond acceptors (Lipinski definition) is 4. The van der Waals surface area contributed by atoms with Crippen molar-refractivity contribution in [2.45, 2.75) is 63.6 Å².